The highest BCUT2D eigenvalue weighted by Gasteiger charge is 2.23. The van der Waals surface area contributed by atoms with Crippen molar-refractivity contribution in [3.05, 3.63) is 29.8 Å². The quantitative estimate of drug-likeness (QED) is 0.734. The van der Waals surface area contributed by atoms with E-state index in [1.807, 2.05) is 20.8 Å². The Hall–Kier alpha value is -2.90. The minimum Gasteiger partial charge on any atom is -0.478 e. The molecule has 1 aromatic heterocycles. The number of ether oxygens (including phenoxy) is 1. The van der Waals surface area contributed by atoms with E-state index in [0.717, 1.165) is 12.8 Å². The number of hydrogen-bond donors (Lipinski definition) is 3. The van der Waals surface area contributed by atoms with Crippen molar-refractivity contribution >= 4 is 17.9 Å². The number of carboxylic acid groups (broad SMARTS) is 1. The summed E-state index contributed by atoms with van der Waals surface area (Å²) in [4.78, 5) is 23.9. The molecule has 1 heterocycles. The van der Waals surface area contributed by atoms with Crippen LogP contribution in [0, 0.1) is 0 Å². The zero-order chi connectivity index (χ0) is 18.0. The molecule has 8 heteroatoms. The van der Waals surface area contributed by atoms with Gasteiger partial charge in [-0.3, -0.25) is 0 Å². The summed E-state index contributed by atoms with van der Waals surface area (Å²) >= 11 is 0. The Morgan fingerprint density at radius 2 is 1.76 bits per heavy atom. The summed E-state index contributed by atoms with van der Waals surface area (Å²) in [5.74, 6) is 0.346. The van der Waals surface area contributed by atoms with Crippen LogP contribution in [0.25, 0.3) is 0 Å². The van der Waals surface area contributed by atoms with E-state index in [0.29, 0.717) is 23.7 Å². The number of rotatable bonds is 6. The fraction of sp³-hybridized carbons (Fsp3) is 0.412. The Bertz CT molecular complexity index is 767. The molecule has 0 atom stereocenters. The summed E-state index contributed by atoms with van der Waals surface area (Å²) in [7, 11) is 0. The van der Waals surface area contributed by atoms with Crippen molar-refractivity contribution in [2.45, 2.75) is 45.2 Å². The molecule has 2 aromatic rings. The molecule has 1 fully saturated rings. The minimum absolute atomic E-state index is 0.146. The minimum atomic E-state index is -0.987. The van der Waals surface area contributed by atoms with Gasteiger partial charge >= 0.3 is 12.0 Å². The number of nitrogens with zero attached hydrogens (tertiary/aromatic N) is 3. The lowest BCUT2D eigenvalue weighted by atomic mass is 10.1. The molecule has 3 N–H and O–H groups in total. The maximum atomic E-state index is 10.9. The van der Waals surface area contributed by atoms with Gasteiger partial charge in [0, 0.05) is 11.6 Å². The molecule has 0 radical (unpaired) electrons. The van der Waals surface area contributed by atoms with Crippen LogP contribution in [0.4, 0.5) is 11.9 Å². The number of hydrogen-bond acceptors (Lipinski definition) is 7. The molecule has 1 aliphatic carbocycles. The normalized spacial score (nSPS) is 14.0. The Labute approximate surface area is 145 Å². The second-order valence-electron chi connectivity index (χ2n) is 6.99. The zero-order valence-electron chi connectivity index (χ0n) is 14.4. The van der Waals surface area contributed by atoms with Gasteiger partial charge in [0.25, 0.3) is 0 Å². The number of benzene rings is 1. The Balaban J connectivity index is 1.82. The highest BCUT2D eigenvalue weighted by atomic mass is 16.5. The van der Waals surface area contributed by atoms with Gasteiger partial charge in [-0.2, -0.15) is 15.0 Å². The standard InChI is InChI=1S/C17H21N5O3/c1-17(2,3)22-15-19-14(18-11-6-7-11)20-16(21-15)25-12-8-4-10(5-9-12)13(23)24/h4-5,8-9,11H,6-7H2,1-3H3,(H,23,24)(H2,18,19,20,21,22). The molecule has 0 aliphatic heterocycles. The van der Waals surface area contributed by atoms with Gasteiger partial charge in [0.1, 0.15) is 5.75 Å². The molecule has 1 aliphatic rings. The van der Waals surface area contributed by atoms with E-state index in [9.17, 15) is 4.79 Å². The van der Waals surface area contributed by atoms with Crippen molar-refractivity contribution in [1.82, 2.24) is 15.0 Å². The van der Waals surface area contributed by atoms with E-state index in [1.54, 1.807) is 12.1 Å². The molecule has 0 spiro atoms. The fourth-order valence-corrected chi connectivity index (χ4v) is 2.04. The van der Waals surface area contributed by atoms with Crippen LogP contribution in [-0.4, -0.2) is 37.6 Å². The van der Waals surface area contributed by atoms with E-state index >= 15 is 0 Å². The summed E-state index contributed by atoms with van der Waals surface area (Å²) in [5.41, 5.74) is -0.0207. The van der Waals surface area contributed by atoms with Crippen molar-refractivity contribution in [2.24, 2.45) is 0 Å². The highest BCUT2D eigenvalue weighted by molar-refractivity contribution is 5.87. The van der Waals surface area contributed by atoms with Gasteiger partial charge in [-0.25, -0.2) is 4.79 Å². The molecule has 1 aromatic carbocycles. The van der Waals surface area contributed by atoms with Gasteiger partial charge in [0.15, 0.2) is 0 Å². The lowest BCUT2D eigenvalue weighted by Crippen LogP contribution is -2.27. The van der Waals surface area contributed by atoms with Crippen LogP contribution < -0.4 is 15.4 Å². The third-order valence-corrected chi connectivity index (χ3v) is 3.32. The molecule has 0 bridgehead atoms. The van der Waals surface area contributed by atoms with Crippen LogP contribution in [0.1, 0.15) is 44.0 Å². The van der Waals surface area contributed by atoms with Crippen molar-refractivity contribution < 1.29 is 14.6 Å². The van der Waals surface area contributed by atoms with Crippen molar-refractivity contribution in [3.8, 4) is 11.8 Å². The first-order valence-corrected chi connectivity index (χ1v) is 8.10. The largest absolute Gasteiger partial charge is 0.478 e. The number of aromatic nitrogens is 3. The van der Waals surface area contributed by atoms with E-state index in [4.69, 9.17) is 9.84 Å². The van der Waals surface area contributed by atoms with Gasteiger partial charge in [0.2, 0.25) is 11.9 Å². The number of aromatic carboxylic acids is 1. The van der Waals surface area contributed by atoms with Gasteiger partial charge in [-0.05, 0) is 57.9 Å². The molecular weight excluding hydrogens is 322 g/mol. The Kier molecular flexibility index (Phi) is 4.43. The van der Waals surface area contributed by atoms with Gasteiger partial charge in [0.05, 0.1) is 5.56 Å². The summed E-state index contributed by atoms with van der Waals surface area (Å²) in [6, 6.07) is 6.61. The average molecular weight is 343 g/mol. The number of nitrogens with one attached hydrogen (secondary N) is 2. The SMILES string of the molecule is CC(C)(C)Nc1nc(NC2CC2)nc(Oc2ccc(C(=O)O)cc2)n1. The number of carboxylic acids is 1. The van der Waals surface area contributed by atoms with E-state index in [2.05, 4.69) is 25.6 Å². The predicted octanol–water partition coefficient (Wildman–Crippen LogP) is 3.15. The highest BCUT2D eigenvalue weighted by Crippen LogP contribution is 2.26. The topological polar surface area (TPSA) is 109 Å². The van der Waals surface area contributed by atoms with Gasteiger partial charge < -0.3 is 20.5 Å². The smallest absolute Gasteiger partial charge is 0.335 e. The summed E-state index contributed by atoms with van der Waals surface area (Å²) in [5, 5.41) is 15.4. The number of anilines is 2. The van der Waals surface area contributed by atoms with Crippen LogP contribution >= 0.6 is 0 Å². The summed E-state index contributed by atoms with van der Waals surface area (Å²) in [6.45, 7) is 6.03. The molecule has 0 saturated heterocycles. The number of carbonyl (C=O) groups is 1. The zero-order valence-corrected chi connectivity index (χ0v) is 14.4. The van der Waals surface area contributed by atoms with E-state index < -0.39 is 5.97 Å². The molecule has 1 saturated carbocycles. The Morgan fingerprint density at radius 1 is 1.12 bits per heavy atom. The molecule has 0 unspecified atom stereocenters. The third-order valence-electron chi connectivity index (χ3n) is 3.32. The first kappa shape index (κ1) is 16.9. The summed E-state index contributed by atoms with van der Waals surface area (Å²) < 4.78 is 5.68. The second kappa shape index (κ2) is 6.54. The van der Waals surface area contributed by atoms with Crippen LogP contribution in [0.15, 0.2) is 24.3 Å². The van der Waals surface area contributed by atoms with Crippen LogP contribution in [-0.2, 0) is 0 Å². The molecule has 0 amide bonds. The van der Waals surface area contributed by atoms with Crippen LogP contribution in [0.3, 0.4) is 0 Å². The van der Waals surface area contributed by atoms with Crippen molar-refractivity contribution in [1.29, 1.82) is 0 Å². The Morgan fingerprint density at radius 3 is 2.32 bits per heavy atom. The van der Waals surface area contributed by atoms with E-state index in [1.165, 1.54) is 12.1 Å². The third kappa shape index (κ3) is 5.03. The van der Waals surface area contributed by atoms with Crippen molar-refractivity contribution in [3.63, 3.8) is 0 Å². The van der Waals surface area contributed by atoms with Crippen LogP contribution in [0.2, 0.25) is 0 Å². The summed E-state index contributed by atoms with van der Waals surface area (Å²) in [6.07, 6.45) is 2.20. The molecule has 3 rings (SSSR count). The second-order valence-corrected chi connectivity index (χ2v) is 6.99. The molecule has 8 nitrogen and oxygen atoms in total. The fourth-order valence-electron chi connectivity index (χ4n) is 2.04. The molecule has 25 heavy (non-hydrogen) atoms. The lowest BCUT2D eigenvalue weighted by molar-refractivity contribution is 0.0697. The molecular formula is C17H21N5O3. The van der Waals surface area contributed by atoms with E-state index in [-0.39, 0.29) is 17.1 Å². The maximum Gasteiger partial charge on any atom is 0.335 e. The molecule has 132 valence electrons. The van der Waals surface area contributed by atoms with Crippen LogP contribution in [0.5, 0.6) is 11.8 Å². The monoisotopic (exact) mass is 343 g/mol. The lowest BCUT2D eigenvalue weighted by Gasteiger charge is -2.20. The first-order valence-electron chi connectivity index (χ1n) is 8.10. The maximum absolute atomic E-state index is 10.9. The van der Waals surface area contributed by atoms with Gasteiger partial charge in [-0.15, -0.1) is 0 Å². The first-order chi connectivity index (χ1) is 11.8. The van der Waals surface area contributed by atoms with Gasteiger partial charge in [-0.1, -0.05) is 0 Å². The predicted molar refractivity (Wildman–Crippen MR) is 93.3 cm³/mol. The average Bonchev–Trinajstić information content (AvgIpc) is 3.29. The van der Waals surface area contributed by atoms with Crippen molar-refractivity contribution in [2.75, 3.05) is 10.6 Å².